The summed E-state index contributed by atoms with van der Waals surface area (Å²) in [4.78, 5) is 23.2. The van der Waals surface area contributed by atoms with Gasteiger partial charge in [-0.15, -0.1) is 0 Å². The summed E-state index contributed by atoms with van der Waals surface area (Å²) in [5.41, 5.74) is 2.42. The van der Waals surface area contributed by atoms with Gasteiger partial charge in [-0.05, 0) is 36.8 Å². The molecule has 0 fully saturated rings. The van der Waals surface area contributed by atoms with E-state index in [0.29, 0.717) is 33.2 Å². The first-order valence-electron chi connectivity index (χ1n) is 9.12. The number of ether oxygens (including phenoxy) is 2. The molecule has 0 amide bonds. The molecule has 30 heavy (non-hydrogen) atoms. The van der Waals surface area contributed by atoms with Crippen molar-refractivity contribution in [1.29, 1.82) is 0 Å². The molecular formula is C23H16ClNO5. The van der Waals surface area contributed by atoms with Crippen LogP contribution in [0.4, 0.5) is 5.69 Å². The molecule has 0 saturated carbocycles. The van der Waals surface area contributed by atoms with Crippen LogP contribution >= 0.6 is 11.6 Å². The molecule has 6 nitrogen and oxygen atoms in total. The van der Waals surface area contributed by atoms with E-state index < -0.39 is 4.92 Å². The van der Waals surface area contributed by atoms with Gasteiger partial charge in [0.15, 0.2) is 5.76 Å². The number of nitrogens with zero attached hydrogens (tertiary/aromatic N) is 1. The molecule has 0 N–H and O–H groups in total. The second-order valence-corrected chi connectivity index (χ2v) is 7.14. The maximum absolute atomic E-state index is 12.7. The smallest absolute Gasteiger partial charge is 0.270 e. The lowest BCUT2D eigenvalue weighted by Gasteiger charge is -2.12. The number of benzene rings is 3. The molecule has 150 valence electrons. The number of fused-ring (bicyclic) bond motifs is 1. The van der Waals surface area contributed by atoms with Crippen molar-refractivity contribution < 1.29 is 19.2 Å². The number of hydrogen-bond donors (Lipinski definition) is 0. The normalized spacial score (nSPS) is 13.8. The maximum atomic E-state index is 12.7. The molecule has 0 spiro atoms. The second-order valence-electron chi connectivity index (χ2n) is 6.74. The fourth-order valence-electron chi connectivity index (χ4n) is 3.17. The molecule has 0 unspecified atom stereocenters. The van der Waals surface area contributed by atoms with Gasteiger partial charge in [-0.1, -0.05) is 41.9 Å². The van der Waals surface area contributed by atoms with Gasteiger partial charge in [-0.25, -0.2) is 0 Å². The highest BCUT2D eigenvalue weighted by molar-refractivity contribution is 6.31. The molecule has 1 aliphatic rings. The molecule has 3 aromatic rings. The summed E-state index contributed by atoms with van der Waals surface area (Å²) in [6.45, 7) is 2.09. The summed E-state index contributed by atoms with van der Waals surface area (Å²) >= 11 is 6.17. The molecule has 0 atom stereocenters. The molecule has 1 heterocycles. The Hall–Kier alpha value is -3.64. The Bertz CT molecular complexity index is 1200. The van der Waals surface area contributed by atoms with Crippen LogP contribution in [0.2, 0.25) is 5.02 Å². The van der Waals surface area contributed by atoms with Crippen molar-refractivity contribution in [2.45, 2.75) is 13.5 Å². The third-order valence-electron chi connectivity index (χ3n) is 4.76. The minimum atomic E-state index is -0.485. The summed E-state index contributed by atoms with van der Waals surface area (Å²) in [6.07, 6.45) is 1.50. The molecule has 0 bridgehead atoms. The summed E-state index contributed by atoms with van der Waals surface area (Å²) in [5.74, 6) is 0.834. The van der Waals surface area contributed by atoms with E-state index in [4.69, 9.17) is 21.1 Å². The minimum absolute atomic E-state index is 0.0567. The van der Waals surface area contributed by atoms with Gasteiger partial charge in [0.2, 0.25) is 5.78 Å². The van der Waals surface area contributed by atoms with E-state index in [1.165, 1.54) is 18.2 Å². The zero-order valence-electron chi connectivity index (χ0n) is 15.9. The van der Waals surface area contributed by atoms with Gasteiger partial charge >= 0.3 is 0 Å². The predicted octanol–water partition coefficient (Wildman–Crippen LogP) is 5.75. The van der Waals surface area contributed by atoms with Gasteiger partial charge < -0.3 is 9.47 Å². The molecule has 7 heteroatoms. The maximum Gasteiger partial charge on any atom is 0.270 e. The van der Waals surface area contributed by atoms with Crippen LogP contribution in [0.1, 0.15) is 27.0 Å². The lowest BCUT2D eigenvalue weighted by atomic mass is 10.1. The summed E-state index contributed by atoms with van der Waals surface area (Å²) < 4.78 is 11.7. The first-order chi connectivity index (χ1) is 14.4. The standard InChI is InChI=1S/C23H16ClNO5/c1-14-20(29-13-16-6-2-3-8-19(16)24)10-9-18-22(26)21(30-23(14)18)12-15-5-4-7-17(11-15)25(27)28/h2-12H,13H2,1H3/b21-12-. The molecule has 0 aliphatic carbocycles. The van der Waals surface area contributed by atoms with E-state index >= 15 is 0 Å². The van der Waals surface area contributed by atoms with Crippen LogP contribution in [0.25, 0.3) is 6.08 Å². The minimum Gasteiger partial charge on any atom is -0.488 e. The van der Waals surface area contributed by atoms with Crippen molar-refractivity contribution in [3.8, 4) is 11.5 Å². The predicted molar refractivity (Wildman–Crippen MR) is 113 cm³/mol. The summed E-state index contributed by atoms with van der Waals surface area (Å²) in [5, 5.41) is 11.6. The number of hydrogen-bond acceptors (Lipinski definition) is 5. The second kappa shape index (κ2) is 8.00. The zero-order chi connectivity index (χ0) is 21.3. The van der Waals surface area contributed by atoms with Gasteiger partial charge in [0.25, 0.3) is 5.69 Å². The van der Waals surface area contributed by atoms with E-state index in [-0.39, 0.29) is 23.8 Å². The van der Waals surface area contributed by atoms with E-state index in [9.17, 15) is 14.9 Å². The summed E-state index contributed by atoms with van der Waals surface area (Å²) in [6, 6.07) is 16.8. The number of ketones is 1. The largest absolute Gasteiger partial charge is 0.488 e. The van der Waals surface area contributed by atoms with Gasteiger partial charge in [0.1, 0.15) is 18.1 Å². The van der Waals surface area contributed by atoms with Crippen molar-refractivity contribution in [2.75, 3.05) is 0 Å². The van der Waals surface area contributed by atoms with E-state index in [0.717, 1.165) is 5.56 Å². The number of non-ortho nitro benzene ring substituents is 1. The highest BCUT2D eigenvalue weighted by Gasteiger charge is 2.30. The number of allylic oxidation sites excluding steroid dienone is 1. The first kappa shape index (κ1) is 19.7. The van der Waals surface area contributed by atoms with Crippen LogP contribution in [0, 0.1) is 17.0 Å². The van der Waals surface area contributed by atoms with Gasteiger partial charge in [0.05, 0.1) is 10.5 Å². The van der Waals surface area contributed by atoms with E-state index in [1.54, 1.807) is 30.3 Å². The fourth-order valence-corrected chi connectivity index (χ4v) is 3.37. The Labute approximate surface area is 177 Å². The molecule has 0 saturated heterocycles. The van der Waals surface area contributed by atoms with Crippen molar-refractivity contribution in [1.82, 2.24) is 0 Å². The molecule has 1 aliphatic heterocycles. The topological polar surface area (TPSA) is 78.7 Å². The number of rotatable bonds is 5. The van der Waals surface area contributed by atoms with Crippen LogP contribution in [-0.2, 0) is 6.61 Å². The SMILES string of the molecule is Cc1c(OCc2ccccc2Cl)ccc2c1O/C(=C\c1cccc([N+](=O)[O-])c1)C2=O. The highest BCUT2D eigenvalue weighted by Crippen LogP contribution is 2.39. The highest BCUT2D eigenvalue weighted by atomic mass is 35.5. The average Bonchev–Trinajstić information content (AvgIpc) is 3.05. The van der Waals surface area contributed by atoms with Crippen LogP contribution in [-0.4, -0.2) is 10.7 Å². The van der Waals surface area contributed by atoms with Gasteiger partial charge in [-0.3, -0.25) is 14.9 Å². The number of halogens is 1. The number of Topliss-reactive ketones (excluding diaryl/α,β-unsaturated/α-hetero) is 1. The number of carbonyl (C=O) groups excluding carboxylic acids is 1. The van der Waals surface area contributed by atoms with Crippen LogP contribution in [0.3, 0.4) is 0 Å². The third-order valence-corrected chi connectivity index (χ3v) is 5.13. The lowest BCUT2D eigenvalue weighted by Crippen LogP contribution is -1.99. The van der Waals surface area contributed by atoms with Crippen LogP contribution < -0.4 is 9.47 Å². The molecule has 3 aromatic carbocycles. The van der Waals surface area contributed by atoms with Crippen LogP contribution in [0.15, 0.2) is 66.4 Å². The third kappa shape index (κ3) is 3.77. The fraction of sp³-hybridized carbons (Fsp3) is 0.0870. The van der Waals surface area contributed by atoms with Crippen molar-refractivity contribution in [2.24, 2.45) is 0 Å². The zero-order valence-corrected chi connectivity index (χ0v) is 16.7. The molecule has 4 rings (SSSR count). The monoisotopic (exact) mass is 421 g/mol. The van der Waals surface area contributed by atoms with Crippen molar-refractivity contribution >= 4 is 29.1 Å². The first-order valence-corrected chi connectivity index (χ1v) is 9.50. The number of nitro groups is 1. The van der Waals surface area contributed by atoms with Crippen LogP contribution in [0.5, 0.6) is 11.5 Å². The number of carbonyl (C=O) groups is 1. The molecular weight excluding hydrogens is 406 g/mol. The Morgan fingerprint density at radius 2 is 1.93 bits per heavy atom. The van der Waals surface area contributed by atoms with Crippen molar-refractivity contribution in [3.63, 3.8) is 0 Å². The Morgan fingerprint density at radius 1 is 1.13 bits per heavy atom. The van der Waals surface area contributed by atoms with Crippen molar-refractivity contribution in [3.05, 3.63) is 104 Å². The Morgan fingerprint density at radius 3 is 2.70 bits per heavy atom. The molecule has 0 radical (unpaired) electrons. The Balaban J connectivity index is 1.59. The average molecular weight is 422 g/mol. The summed E-state index contributed by atoms with van der Waals surface area (Å²) in [7, 11) is 0. The molecule has 0 aromatic heterocycles. The lowest BCUT2D eigenvalue weighted by molar-refractivity contribution is -0.384. The van der Waals surface area contributed by atoms with E-state index in [1.807, 2.05) is 25.1 Å². The van der Waals surface area contributed by atoms with E-state index in [2.05, 4.69) is 0 Å². The quantitative estimate of drug-likeness (QED) is 0.297. The van der Waals surface area contributed by atoms with Gasteiger partial charge in [0, 0.05) is 28.3 Å². The Kier molecular flexibility index (Phi) is 5.25. The van der Waals surface area contributed by atoms with Gasteiger partial charge in [-0.2, -0.15) is 0 Å². The number of nitro benzene ring substituents is 1.